The van der Waals surface area contributed by atoms with Crippen LogP contribution >= 0.6 is 0 Å². The molecule has 2 radical (unpaired) electrons. The summed E-state index contributed by atoms with van der Waals surface area (Å²) in [7, 11) is -3.62. The van der Waals surface area contributed by atoms with Crippen molar-refractivity contribution >= 4 is 38.8 Å². The summed E-state index contributed by atoms with van der Waals surface area (Å²) in [6.07, 6.45) is 0. The molecule has 0 saturated heterocycles. The first-order chi connectivity index (χ1) is 20.8. The van der Waals surface area contributed by atoms with Gasteiger partial charge in [-0.25, -0.2) is 0 Å². The molecular weight excluding hydrogens is 569 g/mol. The Balaban J connectivity index is 1.98. The molecule has 0 aromatic heterocycles. The van der Waals surface area contributed by atoms with Crippen molar-refractivity contribution in [2.75, 3.05) is 26.4 Å². The summed E-state index contributed by atoms with van der Waals surface area (Å²) in [5.74, 6) is 3.41. The quantitative estimate of drug-likeness (QED) is 0.178. The van der Waals surface area contributed by atoms with Crippen LogP contribution in [0, 0.1) is 27.7 Å². The maximum absolute atomic E-state index is 7.63. The van der Waals surface area contributed by atoms with Gasteiger partial charge < -0.3 is 23.1 Å². The summed E-state index contributed by atoms with van der Waals surface area (Å²) in [5.41, 5.74) is 4.72. The van der Waals surface area contributed by atoms with Gasteiger partial charge in [0, 0.05) is 0 Å². The topological polar surface area (TPSA) is 46.2 Å². The van der Waals surface area contributed by atoms with E-state index in [1.807, 2.05) is 52.0 Å². The Morgan fingerprint density at radius 1 is 0.395 bits per heavy atom. The highest BCUT2D eigenvalue weighted by atomic mass is 28.4. The summed E-state index contributed by atoms with van der Waals surface area (Å²) in [4.78, 5) is 0. The van der Waals surface area contributed by atoms with Crippen molar-refractivity contribution < 1.29 is 23.1 Å². The first-order valence-electron chi connectivity index (χ1n) is 15.2. The third-order valence-corrected chi connectivity index (χ3v) is 13.0. The summed E-state index contributed by atoms with van der Waals surface area (Å²) >= 11 is 0. The zero-order valence-corrected chi connectivity index (χ0v) is 28.8. The number of hydrogen-bond donors (Lipinski definition) is 0. The molecule has 7 heteroatoms. The van der Waals surface area contributed by atoms with Crippen LogP contribution in [0.4, 0.5) is 0 Å². The minimum atomic E-state index is -1.81. The lowest BCUT2D eigenvalue weighted by atomic mass is 10.2. The summed E-state index contributed by atoms with van der Waals surface area (Å²) in [6, 6.07) is 25.4. The zero-order chi connectivity index (χ0) is 30.9. The highest BCUT2D eigenvalue weighted by molar-refractivity contribution is 6.92. The molecule has 4 aromatic rings. The molecule has 4 rings (SSSR count). The Bertz CT molecular complexity index is 1300. The molecule has 5 nitrogen and oxygen atoms in total. The first-order valence-corrected chi connectivity index (χ1v) is 18.0. The average Bonchev–Trinajstić information content (AvgIpc) is 2.99. The number of ether oxygens (including phenoxy) is 4. The Labute approximate surface area is 261 Å². The highest BCUT2D eigenvalue weighted by Gasteiger charge is 2.33. The second kappa shape index (κ2) is 15.3. The predicted octanol–water partition coefficient (Wildman–Crippen LogP) is 5.44. The number of rotatable bonds is 14. The second-order valence-electron chi connectivity index (χ2n) is 10.4. The largest absolute Gasteiger partial charge is 0.494 e. The van der Waals surface area contributed by atoms with Gasteiger partial charge in [0.25, 0.3) is 18.1 Å². The van der Waals surface area contributed by atoms with Gasteiger partial charge in [-0.1, -0.05) is 24.3 Å². The van der Waals surface area contributed by atoms with Crippen LogP contribution in [-0.2, 0) is 4.12 Å². The lowest BCUT2D eigenvalue weighted by Gasteiger charge is -2.28. The fourth-order valence-electron chi connectivity index (χ4n) is 5.02. The SMILES string of the molecule is CCOc1ccc(C)c([Si](O[Si](c2cc(OCC)ccc2C)c2cc(OCC)ccc2C)c2cc(OCC)ccc2C)c1. The monoisotopic (exact) mass is 612 g/mol. The van der Waals surface area contributed by atoms with Crippen LogP contribution in [0.15, 0.2) is 72.8 Å². The van der Waals surface area contributed by atoms with Crippen molar-refractivity contribution in [2.45, 2.75) is 55.4 Å². The van der Waals surface area contributed by atoms with E-state index in [9.17, 15) is 0 Å². The van der Waals surface area contributed by atoms with Gasteiger partial charge >= 0.3 is 0 Å². The van der Waals surface area contributed by atoms with E-state index >= 15 is 0 Å². The molecule has 0 unspecified atom stereocenters. The lowest BCUT2D eigenvalue weighted by molar-refractivity contribution is 0.340. The second-order valence-corrected chi connectivity index (χ2v) is 14.7. The van der Waals surface area contributed by atoms with Crippen molar-refractivity contribution in [3.63, 3.8) is 0 Å². The number of hydrogen-bond acceptors (Lipinski definition) is 5. The molecular formula is C36H44O5Si2. The van der Waals surface area contributed by atoms with Crippen molar-refractivity contribution in [1.82, 2.24) is 0 Å². The van der Waals surface area contributed by atoms with Crippen molar-refractivity contribution in [3.8, 4) is 23.0 Å². The van der Waals surface area contributed by atoms with E-state index in [2.05, 4.69) is 76.2 Å². The molecule has 0 bridgehead atoms. The van der Waals surface area contributed by atoms with Crippen molar-refractivity contribution in [2.24, 2.45) is 0 Å². The molecule has 43 heavy (non-hydrogen) atoms. The van der Waals surface area contributed by atoms with Crippen LogP contribution in [0.2, 0.25) is 0 Å². The van der Waals surface area contributed by atoms with E-state index in [0.717, 1.165) is 23.0 Å². The van der Waals surface area contributed by atoms with Gasteiger partial charge in [0.2, 0.25) is 0 Å². The number of aryl methyl sites for hydroxylation is 4. The predicted molar refractivity (Wildman–Crippen MR) is 181 cm³/mol. The van der Waals surface area contributed by atoms with Crippen molar-refractivity contribution in [1.29, 1.82) is 0 Å². The molecule has 0 heterocycles. The Kier molecular flexibility index (Phi) is 11.5. The fraction of sp³-hybridized carbons (Fsp3) is 0.333. The van der Waals surface area contributed by atoms with Gasteiger partial charge in [-0.3, -0.25) is 0 Å². The maximum atomic E-state index is 7.63. The van der Waals surface area contributed by atoms with Gasteiger partial charge in [-0.2, -0.15) is 0 Å². The van der Waals surface area contributed by atoms with Gasteiger partial charge in [-0.05, 0) is 147 Å². The molecule has 0 spiro atoms. The minimum Gasteiger partial charge on any atom is -0.494 e. The van der Waals surface area contributed by atoms with E-state index in [0.29, 0.717) is 26.4 Å². The van der Waals surface area contributed by atoms with Crippen LogP contribution in [-0.4, -0.2) is 44.5 Å². The normalized spacial score (nSPS) is 11.2. The molecule has 0 N–H and O–H groups in total. The van der Waals surface area contributed by atoms with Gasteiger partial charge in [0.1, 0.15) is 23.0 Å². The summed E-state index contributed by atoms with van der Waals surface area (Å²) < 4.78 is 31.6. The van der Waals surface area contributed by atoms with Gasteiger partial charge in [0.15, 0.2) is 0 Å². The smallest absolute Gasteiger partial charge is 0.273 e. The third-order valence-electron chi connectivity index (χ3n) is 7.26. The third kappa shape index (κ3) is 7.90. The van der Waals surface area contributed by atoms with Gasteiger partial charge in [-0.15, -0.1) is 0 Å². The summed E-state index contributed by atoms with van der Waals surface area (Å²) in [6.45, 7) is 19.1. The first kappa shape index (κ1) is 32.4. The van der Waals surface area contributed by atoms with Crippen LogP contribution < -0.4 is 39.7 Å². The molecule has 0 amide bonds. The van der Waals surface area contributed by atoms with E-state index < -0.39 is 18.1 Å². The lowest BCUT2D eigenvalue weighted by Crippen LogP contribution is -2.58. The minimum absolute atomic E-state index is 0.603. The van der Waals surface area contributed by atoms with Crippen LogP contribution in [0.25, 0.3) is 0 Å². The molecule has 0 saturated carbocycles. The summed E-state index contributed by atoms with van der Waals surface area (Å²) in [5, 5.41) is 4.69. The van der Waals surface area contributed by atoms with E-state index in [4.69, 9.17) is 23.1 Å². The Morgan fingerprint density at radius 2 is 0.628 bits per heavy atom. The molecule has 0 aliphatic rings. The standard InChI is InChI=1S/C36H44O5Si2/c1-9-37-29-17-13-25(5)33(21-29)42(34-22-30(38-10-2)18-14-26(34)6)41-43(35-23-31(39-11-3)19-15-27(35)7)36-24-32(40-12-4)20-16-28(36)8/h13-24H,9-12H2,1-8H3. The molecule has 226 valence electrons. The number of benzene rings is 4. The van der Waals surface area contributed by atoms with Crippen LogP contribution in [0.5, 0.6) is 23.0 Å². The Morgan fingerprint density at radius 3 is 0.837 bits per heavy atom. The average molecular weight is 613 g/mol. The van der Waals surface area contributed by atoms with E-state index in [-0.39, 0.29) is 0 Å². The Hall–Kier alpha value is -3.53. The fourth-order valence-corrected chi connectivity index (χ4v) is 11.0. The zero-order valence-electron chi connectivity index (χ0n) is 26.8. The van der Waals surface area contributed by atoms with Gasteiger partial charge in [0.05, 0.1) is 26.4 Å². The molecule has 4 aromatic carbocycles. The van der Waals surface area contributed by atoms with E-state index in [1.54, 1.807) is 0 Å². The van der Waals surface area contributed by atoms with E-state index in [1.165, 1.54) is 43.0 Å². The van der Waals surface area contributed by atoms with Crippen LogP contribution in [0.1, 0.15) is 49.9 Å². The van der Waals surface area contributed by atoms with Crippen LogP contribution in [0.3, 0.4) is 0 Å². The molecule has 0 aliphatic carbocycles. The molecule has 0 fully saturated rings. The maximum Gasteiger partial charge on any atom is 0.273 e. The highest BCUT2D eigenvalue weighted by Crippen LogP contribution is 2.19. The molecule has 0 aliphatic heterocycles. The van der Waals surface area contributed by atoms with Crippen molar-refractivity contribution in [3.05, 3.63) is 95.1 Å². The molecule has 0 atom stereocenters.